The number of carbonyl (C=O) groups is 1. The highest BCUT2D eigenvalue weighted by Gasteiger charge is 2.34. The Balaban J connectivity index is 1.77. The molecule has 2 N–H and O–H groups in total. The van der Waals surface area contributed by atoms with Gasteiger partial charge in [0.1, 0.15) is 0 Å². The molecule has 0 fully saturated rings. The van der Waals surface area contributed by atoms with Crippen molar-refractivity contribution in [2.75, 3.05) is 10.0 Å². The molecule has 0 saturated carbocycles. The van der Waals surface area contributed by atoms with Crippen molar-refractivity contribution < 1.29 is 26.4 Å². The third kappa shape index (κ3) is 5.07. The molecular formula is C17H12ClF3N4O3S2. The van der Waals surface area contributed by atoms with E-state index in [1.54, 1.807) is 24.3 Å². The van der Waals surface area contributed by atoms with E-state index in [0.29, 0.717) is 23.0 Å². The first-order valence-electron chi connectivity index (χ1n) is 8.07. The van der Waals surface area contributed by atoms with Crippen molar-refractivity contribution >= 4 is 49.7 Å². The monoisotopic (exact) mass is 476 g/mol. The van der Waals surface area contributed by atoms with Gasteiger partial charge < -0.3 is 0 Å². The molecule has 30 heavy (non-hydrogen) atoms. The molecule has 13 heteroatoms. The lowest BCUT2D eigenvalue weighted by atomic mass is 10.1. The molecular weight excluding hydrogens is 465 g/mol. The third-order valence-electron chi connectivity index (χ3n) is 3.69. The minimum absolute atomic E-state index is 0.0898. The van der Waals surface area contributed by atoms with Gasteiger partial charge in [-0.3, -0.25) is 14.8 Å². The fraction of sp³-hybridized carbons (Fsp3) is 0.118. The predicted molar refractivity (Wildman–Crippen MR) is 106 cm³/mol. The Labute approximate surface area is 178 Å². The smallest absolute Gasteiger partial charge is 0.296 e. The van der Waals surface area contributed by atoms with E-state index in [0.717, 1.165) is 17.7 Å². The number of anilines is 2. The lowest BCUT2D eigenvalue weighted by Crippen LogP contribution is -2.14. The van der Waals surface area contributed by atoms with Crippen molar-refractivity contribution in [1.82, 2.24) is 10.2 Å². The number of halogens is 4. The minimum atomic E-state index is -4.76. The molecule has 0 aliphatic heterocycles. The van der Waals surface area contributed by atoms with E-state index in [1.807, 2.05) is 11.6 Å². The van der Waals surface area contributed by atoms with Crippen LogP contribution in [0.1, 0.15) is 21.5 Å². The first-order chi connectivity index (χ1) is 14.0. The average molecular weight is 477 g/mol. The number of rotatable bonds is 5. The molecule has 0 bridgehead atoms. The van der Waals surface area contributed by atoms with Crippen LogP contribution < -0.4 is 10.0 Å². The fourth-order valence-electron chi connectivity index (χ4n) is 2.25. The normalized spacial score (nSPS) is 11.9. The highest BCUT2D eigenvalue weighted by Crippen LogP contribution is 2.36. The summed E-state index contributed by atoms with van der Waals surface area (Å²) in [7, 11) is -4.34. The number of aryl methyl sites for hydroxylation is 1. The summed E-state index contributed by atoms with van der Waals surface area (Å²) in [5.41, 5.74) is -0.253. The third-order valence-corrected chi connectivity index (χ3v) is 6.61. The first kappa shape index (κ1) is 22.0. The number of nitrogens with one attached hydrogen (secondary N) is 2. The van der Waals surface area contributed by atoms with Gasteiger partial charge in [0.2, 0.25) is 5.13 Å². The van der Waals surface area contributed by atoms with Crippen LogP contribution in [0.5, 0.6) is 0 Å². The average Bonchev–Trinajstić information content (AvgIpc) is 3.12. The zero-order valence-corrected chi connectivity index (χ0v) is 17.4. The van der Waals surface area contributed by atoms with Gasteiger partial charge in [0.05, 0.1) is 10.6 Å². The molecule has 3 aromatic rings. The Morgan fingerprint density at radius 3 is 2.40 bits per heavy atom. The number of nitrogens with zero attached hydrogens (tertiary/aromatic N) is 2. The Kier molecular flexibility index (Phi) is 6.01. The molecule has 0 unspecified atom stereocenters. The quantitative estimate of drug-likeness (QED) is 0.525. The molecule has 158 valence electrons. The molecule has 1 amide bonds. The second-order valence-corrected chi connectivity index (χ2v) is 9.23. The van der Waals surface area contributed by atoms with E-state index < -0.39 is 37.0 Å². The van der Waals surface area contributed by atoms with Crippen LogP contribution in [0.15, 0.2) is 46.8 Å². The summed E-state index contributed by atoms with van der Waals surface area (Å²) in [6.45, 7) is 1.86. The summed E-state index contributed by atoms with van der Waals surface area (Å²) >= 11 is 6.07. The number of aromatic nitrogens is 2. The largest absolute Gasteiger partial charge is 0.417 e. The number of hydrogen-bond donors (Lipinski definition) is 2. The van der Waals surface area contributed by atoms with E-state index in [-0.39, 0.29) is 10.8 Å². The maximum absolute atomic E-state index is 12.9. The summed E-state index contributed by atoms with van der Waals surface area (Å²) in [4.78, 5) is 12.2. The lowest BCUT2D eigenvalue weighted by Gasteiger charge is -2.11. The zero-order valence-electron chi connectivity index (χ0n) is 15.0. The van der Waals surface area contributed by atoms with Gasteiger partial charge in [-0.05, 0) is 37.3 Å². The highest BCUT2D eigenvalue weighted by molar-refractivity contribution is 7.94. The van der Waals surface area contributed by atoms with E-state index >= 15 is 0 Å². The van der Waals surface area contributed by atoms with Gasteiger partial charge in [0.15, 0.2) is 0 Å². The molecule has 7 nitrogen and oxygen atoms in total. The van der Waals surface area contributed by atoms with Crippen molar-refractivity contribution in [1.29, 1.82) is 0 Å². The Bertz CT molecular complexity index is 1200. The molecule has 0 spiro atoms. The molecule has 0 saturated heterocycles. The summed E-state index contributed by atoms with van der Waals surface area (Å²) in [5.74, 6) is -0.518. The van der Waals surface area contributed by atoms with E-state index in [2.05, 4.69) is 15.5 Å². The van der Waals surface area contributed by atoms with Crippen molar-refractivity contribution in [2.45, 2.75) is 17.4 Å². The van der Waals surface area contributed by atoms with Crippen LogP contribution in [0.4, 0.5) is 24.0 Å². The minimum Gasteiger partial charge on any atom is -0.296 e. The Morgan fingerprint density at radius 1 is 1.10 bits per heavy atom. The Hall–Kier alpha value is -2.70. The van der Waals surface area contributed by atoms with E-state index in [9.17, 15) is 26.4 Å². The van der Waals surface area contributed by atoms with Crippen LogP contribution in [-0.4, -0.2) is 24.5 Å². The van der Waals surface area contributed by atoms with E-state index in [4.69, 9.17) is 11.6 Å². The van der Waals surface area contributed by atoms with Gasteiger partial charge in [-0.2, -0.15) is 21.6 Å². The second kappa shape index (κ2) is 8.20. The number of hydrogen-bond acceptors (Lipinski definition) is 6. The van der Waals surface area contributed by atoms with Gasteiger partial charge in [0, 0.05) is 11.3 Å². The highest BCUT2D eigenvalue weighted by atomic mass is 35.5. The number of amides is 1. The molecule has 1 heterocycles. The number of carbonyl (C=O) groups excluding carboxylic acids is 1. The SMILES string of the molecule is Cc1ccc(C(=O)Nc2nnc(S(=O)(=O)Nc3ccc(Cl)c(C(F)(F)F)c3)s2)cc1. The Morgan fingerprint density at radius 2 is 1.77 bits per heavy atom. The molecule has 2 aromatic carbocycles. The topological polar surface area (TPSA) is 101 Å². The summed E-state index contributed by atoms with van der Waals surface area (Å²) in [5, 5.41) is 8.84. The van der Waals surface area contributed by atoms with Gasteiger partial charge in [0.25, 0.3) is 20.3 Å². The summed E-state index contributed by atoms with van der Waals surface area (Å²) in [6.07, 6.45) is -4.76. The van der Waals surface area contributed by atoms with Crippen molar-refractivity contribution in [3.8, 4) is 0 Å². The van der Waals surface area contributed by atoms with Gasteiger partial charge >= 0.3 is 6.18 Å². The van der Waals surface area contributed by atoms with E-state index in [1.165, 1.54) is 0 Å². The van der Waals surface area contributed by atoms with Crippen molar-refractivity contribution in [2.24, 2.45) is 0 Å². The standard InChI is InChI=1S/C17H12ClF3N4O3S2/c1-9-2-4-10(5-3-9)14(26)22-15-23-24-16(29-15)30(27,28)25-11-6-7-13(18)12(8-11)17(19,20)21/h2-8,25H,1H3,(H,22,23,26). The van der Waals surface area contributed by atoms with Gasteiger partial charge in [-0.1, -0.05) is 40.6 Å². The predicted octanol–water partition coefficient (Wildman–Crippen LogP) is 4.57. The number of alkyl halides is 3. The van der Waals surface area contributed by atoms with Crippen LogP contribution in [-0.2, 0) is 16.2 Å². The fourth-order valence-corrected chi connectivity index (χ4v) is 4.42. The molecule has 1 aromatic heterocycles. The van der Waals surface area contributed by atoms with Gasteiger partial charge in [-0.15, -0.1) is 10.2 Å². The zero-order chi connectivity index (χ0) is 22.1. The van der Waals surface area contributed by atoms with Crippen LogP contribution in [0, 0.1) is 6.92 Å². The summed E-state index contributed by atoms with van der Waals surface area (Å²) in [6, 6.07) is 9.21. The van der Waals surface area contributed by atoms with Crippen LogP contribution in [0.3, 0.4) is 0 Å². The molecule has 0 atom stereocenters. The molecule has 3 rings (SSSR count). The maximum atomic E-state index is 12.9. The van der Waals surface area contributed by atoms with Crippen LogP contribution in [0.25, 0.3) is 0 Å². The molecule has 0 aliphatic rings. The maximum Gasteiger partial charge on any atom is 0.417 e. The number of sulfonamides is 1. The molecule has 0 aliphatic carbocycles. The van der Waals surface area contributed by atoms with Gasteiger partial charge in [-0.25, -0.2) is 0 Å². The van der Waals surface area contributed by atoms with Crippen molar-refractivity contribution in [3.05, 3.63) is 64.2 Å². The van der Waals surface area contributed by atoms with Crippen LogP contribution >= 0.6 is 22.9 Å². The lowest BCUT2D eigenvalue weighted by molar-refractivity contribution is -0.137. The molecule has 0 radical (unpaired) electrons. The summed E-state index contributed by atoms with van der Waals surface area (Å²) < 4.78 is 65.1. The number of benzene rings is 2. The second-order valence-electron chi connectivity index (χ2n) is 5.99. The van der Waals surface area contributed by atoms with Crippen LogP contribution in [0.2, 0.25) is 5.02 Å². The first-order valence-corrected chi connectivity index (χ1v) is 10.7. The van der Waals surface area contributed by atoms with Crippen molar-refractivity contribution in [3.63, 3.8) is 0 Å².